The molecular formula is C38H24Cl2N4O2. The van der Waals surface area contributed by atoms with Gasteiger partial charge >= 0.3 is 0 Å². The zero-order valence-electron chi connectivity index (χ0n) is 24.2. The summed E-state index contributed by atoms with van der Waals surface area (Å²) in [6.45, 7) is 0. The van der Waals surface area contributed by atoms with E-state index in [0.717, 1.165) is 11.1 Å². The number of aromatic nitrogens is 2. The lowest BCUT2D eigenvalue weighted by atomic mass is 10.0. The molecule has 0 aliphatic heterocycles. The Morgan fingerprint density at radius 3 is 1.26 bits per heavy atom. The van der Waals surface area contributed by atoms with E-state index in [1.807, 2.05) is 72.8 Å². The molecule has 0 atom stereocenters. The number of nitrogens with zero attached hydrogens (tertiary/aromatic N) is 2. The van der Waals surface area contributed by atoms with Crippen molar-refractivity contribution < 1.29 is 9.59 Å². The van der Waals surface area contributed by atoms with Gasteiger partial charge in [-0.25, -0.2) is 9.97 Å². The summed E-state index contributed by atoms with van der Waals surface area (Å²) in [4.78, 5) is 37.3. The minimum atomic E-state index is -0.338. The molecular weight excluding hydrogens is 615 g/mol. The lowest BCUT2D eigenvalue weighted by molar-refractivity contribution is 0.101. The molecule has 5 aromatic carbocycles. The number of carbonyl (C=O) groups excluding carboxylic acids is 2. The van der Waals surface area contributed by atoms with Crippen molar-refractivity contribution in [1.82, 2.24) is 9.97 Å². The highest BCUT2D eigenvalue weighted by Gasteiger charge is 2.19. The maximum Gasteiger partial charge on any atom is 0.256 e. The van der Waals surface area contributed by atoms with Crippen LogP contribution in [0, 0.1) is 0 Å². The second kappa shape index (κ2) is 12.4. The van der Waals surface area contributed by atoms with E-state index in [0.29, 0.717) is 65.7 Å². The highest BCUT2D eigenvalue weighted by molar-refractivity contribution is 6.31. The molecule has 2 N–H and O–H groups in total. The molecule has 0 fully saturated rings. The number of halogens is 2. The van der Waals surface area contributed by atoms with Gasteiger partial charge in [-0.05, 0) is 60.7 Å². The van der Waals surface area contributed by atoms with Crippen LogP contribution in [0.2, 0.25) is 10.0 Å². The second-order valence-electron chi connectivity index (χ2n) is 10.6. The predicted molar refractivity (Wildman–Crippen MR) is 187 cm³/mol. The zero-order chi connectivity index (χ0) is 31.6. The van der Waals surface area contributed by atoms with Crippen LogP contribution in [0.15, 0.2) is 133 Å². The van der Waals surface area contributed by atoms with Gasteiger partial charge in [-0.1, -0.05) is 96.0 Å². The Morgan fingerprint density at radius 2 is 0.848 bits per heavy atom. The summed E-state index contributed by atoms with van der Waals surface area (Å²) >= 11 is 12.2. The molecule has 222 valence electrons. The summed E-state index contributed by atoms with van der Waals surface area (Å²) in [7, 11) is 0. The summed E-state index contributed by atoms with van der Waals surface area (Å²) < 4.78 is 0. The minimum Gasteiger partial charge on any atom is -0.320 e. The Kier molecular flexibility index (Phi) is 7.89. The first-order valence-electron chi connectivity index (χ1n) is 14.5. The number of para-hydroxylation sites is 4. The van der Waals surface area contributed by atoms with Crippen LogP contribution in [0.1, 0.15) is 20.7 Å². The number of benzene rings is 5. The monoisotopic (exact) mass is 638 g/mol. The van der Waals surface area contributed by atoms with Crippen molar-refractivity contribution >= 4 is 68.2 Å². The number of fused-ring (bicyclic) bond motifs is 2. The normalized spacial score (nSPS) is 11.0. The quantitative estimate of drug-likeness (QED) is 0.190. The summed E-state index contributed by atoms with van der Waals surface area (Å²) in [5.74, 6) is -0.676. The number of nitrogens with one attached hydrogen (secondary N) is 2. The Balaban J connectivity index is 1.22. The van der Waals surface area contributed by atoms with Gasteiger partial charge in [0.05, 0.1) is 44.9 Å². The molecule has 7 aromatic rings. The van der Waals surface area contributed by atoms with Crippen molar-refractivity contribution in [3.63, 3.8) is 0 Å². The smallest absolute Gasteiger partial charge is 0.256 e. The lowest BCUT2D eigenvalue weighted by Gasteiger charge is -2.15. The van der Waals surface area contributed by atoms with E-state index in [9.17, 15) is 9.59 Å². The highest BCUT2D eigenvalue weighted by Crippen LogP contribution is 2.30. The number of pyridine rings is 2. The molecule has 0 spiro atoms. The first-order chi connectivity index (χ1) is 22.4. The van der Waals surface area contributed by atoms with Gasteiger partial charge in [-0.3, -0.25) is 9.59 Å². The van der Waals surface area contributed by atoms with E-state index in [-0.39, 0.29) is 11.8 Å². The molecule has 0 saturated heterocycles. The maximum absolute atomic E-state index is 13.9. The topological polar surface area (TPSA) is 84.0 Å². The van der Waals surface area contributed by atoms with Crippen molar-refractivity contribution in [3.05, 3.63) is 155 Å². The van der Waals surface area contributed by atoms with E-state index in [1.54, 1.807) is 60.7 Å². The van der Waals surface area contributed by atoms with Crippen molar-refractivity contribution in [1.29, 1.82) is 0 Å². The third-order valence-corrected chi connectivity index (χ3v) is 8.13. The van der Waals surface area contributed by atoms with Crippen molar-refractivity contribution in [2.45, 2.75) is 0 Å². The van der Waals surface area contributed by atoms with Gasteiger partial charge < -0.3 is 10.6 Å². The van der Waals surface area contributed by atoms with Gasteiger partial charge in [0.15, 0.2) is 0 Å². The van der Waals surface area contributed by atoms with Crippen molar-refractivity contribution in [2.75, 3.05) is 10.6 Å². The summed E-state index contributed by atoms with van der Waals surface area (Å²) in [5, 5.41) is 8.67. The van der Waals surface area contributed by atoms with Crippen LogP contribution in [0.5, 0.6) is 0 Å². The van der Waals surface area contributed by atoms with E-state index in [4.69, 9.17) is 33.2 Å². The Bertz CT molecular complexity index is 2110. The Hall–Kier alpha value is -5.56. The molecule has 0 saturated carbocycles. The van der Waals surface area contributed by atoms with Crippen LogP contribution < -0.4 is 10.6 Å². The number of hydrogen-bond donors (Lipinski definition) is 2. The minimum absolute atomic E-state index is 0.338. The molecule has 46 heavy (non-hydrogen) atoms. The average molecular weight is 640 g/mol. The van der Waals surface area contributed by atoms with Gasteiger partial charge in [0.25, 0.3) is 11.8 Å². The highest BCUT2D eigenvalue weighted by atomic mass is 35.5. The molecule has 8 heteroatoms. The Morgan fingerprint density at radius 1 is 0.478 bits per heavy atom. The van der Waals surface area contributed by atoms with Gasteiger partial charge in [-0.15, -0.1) is 0 Å². The van der Waals surface area contributed by atoms with Crippen LogP contribution in [0.4, 0.5) is 11.4 Å². The molecule has 7 rings (SSSR count). The molecule has 2 heterocycles. The zero-order valence-corrected chi connectivity index (χ0v) is 25.7. The number of rotatable bonds is 6. The summed E-state index contributed by atoms with van der Waals surface area (Å²) in [5.41, 5.74) is 6.11. The van der Waals surface area contributed by atoms with Gasteiger partial charge in [-0.2, -0.15) is 0 Å². The molecule has 0 aliphatic carbocycles. The molecule has 2 amide bonds. The fraction of sp³-hybridized carbons (Fsp3) is 0. The molecule has 6 nitrogen and oxygen atoms in total. The first kappa shape index (κ1) is 29.2. The number of amides is 2. The van der Waals surface area contributed by atoms with Crippen LogP contribution in [0.3, 0.4) is 0 Å². The third kappa shape index (κ3) is 5.92. The van der Waals surface area contributed by atoms with Crippen molar-refractivity contribution in [2.24, 2.45) is 0 Å². The second-order valence-corrected chi connectivity index (χ2v) is 11.5. The molecule has 0 aliphatic rings. The van der Waals surface area contributed by atoms with Crippen LogP contribution in [-0.2, 0) is 0 Å². The SMILES string of the molecule is O=C(Nc1ccccc1NC(=O)c1cc(-c2ccc(Cl)cc2)nc2ccccc12)c1cc(-c2ccc(Cl)cc2)nc2ccccc12. The standard InChI is InChI=1S/C38H24Cl2N4O2/c39-25-17-13-23(14-18-25)35-21-29(27-7-1-3-9-31(27)41-35)37(45)43-33-11-5-6-12-34(33)44-38(46)30-22-36(24-15-19-26(40)20-16-24)42-32-10-4-2-8-28(30)32/h1-22H,(H,43,45)(H,44,46). The molecule has 0 unspecified atom stereocenters. The fourth-order valence-electron chi connectivity index (χ4n) is 5.34. The van der Waals surface area contributed by atoms with Crippen LogP contribution in [0.25, 0.3) is 44.3 Å². The van der Waals surface area contributed by atoms with Gasteiger partial charge in [0, 0.05) is 31.9 Å². The predicted octanol–water partition coefficient (Wildman–Crippen LogP) is 9.93. The summed E-state index contributed by atoms with van der Waals surface area (Å²) in [6.07, 6.45) is 0. The van der Waals surface area contributed by atoms with E-state index < -0.39 is 0 Å². The third-order valence-electron chi connectivity index (χ3n) is 7.63. The first-order valence-corrected chi connectivity index (χ1v) is 15.2. The van der Waals surface area contributed by atoms with Gasteiger partial charge in [0.2, 0.25) is 0 Å². The van der Waals surface area contributed by atoms with E-state index in [2.05, 4.69) is 10.6 Å². The van der Waals surface area contributed by atoms with E-state index >= 15 is 0 Å². The number of carbonyl (C=O) groups is 2. The van der Waals surface area contributed by atoms with Crippen molar-refractivity contribution in [3.8, 4) is 22.5 Å². The molecule has 2 aromatic heterocycles. The van der Waals surface area contributed by atoms with Gasteiger partial charge in [0.1, 0.15) is 0 Å². The fourth-order valence-corrected chi connectivity index (χ4v) is 5.60. The lowest BCUT2D eigenvalue weighted by Crippen LogP contribution is -2.17. The number of anilines is 2. The number of hydrogen-bond acceptors (Lipinski definition) is 4. The van der Waals surface area contributed by atoms with E-state index in [1.165, 1.54) is 0 Å². The van der Waals surface area contributed by atoms with Crippen LogP contribution in [-0.4, -0.2) is 21.8 Å². The largest absolute Gasteiger partial charge is 0.320 e. The van der Waals surface area contributed by atoms with Crippen LogP contribution >= 0.6 is 23.2 Å². The maximum atomic E-state index is 13.9. The molecule has 0 radical (unpaired) electrons. The Labute approximate surface area is 274 Å². The average Bonchev–Trinajstić information content (AvgIpc) is 3.08. The molecule has 0 bridgehead atoms. The summed E-state index contributed by atoms with van der Waals surface area (Å²) in [6, 6.07) is 40.2.